The summed E-state index contributed by atoms with van der Waals surface area (Å²) in [5.41, 5.74) is 5.56. The number of methoxy groups -OCH3 is 2. The lowest BCUT2D eigenvalue weighted by molar-refractivity contribution is -0.133. The van der Waals surface area contributed by atoms with E-state index in [0.29, 0.717) is 30.5 Å². The zero-order valence-electron chi connectivity index (χ0n) is 24.9. The van der Waals surface area contributed by atoms with Crippen LogP contribution >= 0.6 is 0 Å². The highest BCUT2D eigenvalue weighted by Crippen LogP contribution is 2.48. The number of nitrogens with zero attached hydrogens (tertiary/aromatic N) is 2. The molecule has 1 saturated heterocycles. The third kappa shape index (κ3) is 6.17. The first-order valence-corrected chi connectivity index (χ1v) is 15.1. The number of fused-ring (bicyclic) bond motifs is 1. The predicted octanol–water partition coefficient (Wildman–Crippen LogP) is 6.57. The Morgan fingerprint density at radius 1 is 1.14 bits per heavy atom. The number of likely N-dealkylation sites (tertiary alicyclic amines) is 1. The molecule has 226 valence electrons. The highest BCUT2D eigenvalue weighted by Gasteiger charge is 2.38. The van der Waals surface area contributed by atoms with E-state index in [1.807, 2.05) is 24.3 Å². The van der Waals surface area contributed by atoms with Gasteiger partial charge in [-0.25, -0.2) is 14.2 Å². The molecule has 3 atom stereocenters. The summed E-state index contributed by atoms with van der Waals surface area (Å²) in [5.74, 6) is -0.0609. The number of aromatic nitrogens is 1. The lowest BCUT2D eigenvalue weighted by Gasteiger charge is -2.35. The maximum atomic E-state index is 15.1. The van der Waals surface area contributed by atoms with Gasteiger partial charge in [-0.05, 0) is 85.0 Å². The van der Waals surface area contributed by atoms with Gasteiger partial charge in [0.1, 0.15) is 17.7 Å². The second kappa shape index (κ2) is 12.5. The fourth-order valence-corrected chi connectivity index (χ4v) is 6.79. The van der Waals surface area contributed by atoms with Crippen LogP contribution in [0.25, 0.3) is 11.1 Å². The van der Waals surface area contributed by atoms with Crippen LogP contribution in [0.3, 0.4) is 0 Å². The third-order valence-electron chi connectivity index (χ3n) is 9.12. The number of halogens is 1. The largest absolute Gasteiger partial charge is 0.485 e. The summed E-state index contributed by atoms with van der Waals surface area (Å²) >= 11 is 0. The summed E-state index contributed by atoms with van der Waals surface area (Å²) in [4.78, 5) is 18.3. The van der Waals surface area contributed by atoms with Crippen molar-refractivity contribution in [2.45, 2.75) is 50.7 Å². The van der Waals surface area contributed by atoms with Gasteiger partial charge in [0.15, 0.2) is 0 Å². The molecule has 6 rings (SSSR count). The van der Waals surface area contributed by atoms with Gasteiger partial charge in [-0.3, -0.25) is 4.90 Å². The summed E-state index contributed by atoms with van der Waals surface area (Å²) in [6.45, 7) is 7.15. The van der Waals surface area contributed by atoms with Crippen LogP contribution < -0.4 is 9.47 Å². The molecule has 2 aromatic carbocycles. The maximum absolute atomic E-state index is 15.1. The van der Waals surface area contributed by atoms with Crippen LogP contribution in [0.5, 0.6) is 11.6 Å². The van der Waals surface area contributed by atoms with E-state index < -0.39 is 11.8 Å². The van der Waals surface area contributed by atoms with Gasteiger partial charge in [0, 0.05) is 42.7 Å². The van der Waals surface area contributed by atoms with E-state index in [4.69, 9.17) is 14.2 Å². The Kier molecular flexibility index (Phi) is 8.50. The van der Waals surface area contributed by atoms with Gasteiger partial charge >= 0.3 is 5.97 Å². The Morgan fingerprint density at radius 2 is 1.93 bits per heavy atom. The standard InChI is InChI=1S/C35H39FN2O5/c1-21(35(39)40)33(22-6-7-22)24-9-8-23-14-27(20-41-2)34(43-31(23)16-24)25-10-11-28(26(15-25)19-38-12-4-5-13-38)29-17-32(42-3)37-18-30(29)36/h8-11,15-18,22,27,33-34H,1,4-7,12-14,19-20H2,2-3H3,(H,39,40)/t27?,33-,34+/m0/s1. The average Bonchev–Trinajstić information content (AvgIpc) is 3.71. The van der Waals surface area contributed by atoms with E-state index in [9.17, 15) is 9.90 Å². The molecule has 0 radical (unpaired) electrons. The summed E-state index contributed by atoms with van der Waals surface area (Å²) in [7, 11) is 3.23. The van der Waals surface area contributed by atoms with Gasteiger partial charge in [-0.15, -0.1) is 0 Å². The Balaban J connectivity index is 1.38. The van der Waals surface area contributed by atoms with Crippen LogP contribution in [0.4, 0.5) is 4.39 Å². The topological polar surface area (TPSA) is 81.1 Å². The zero-order chi connectivity index (χ0) is 30.1. The number of ether oxygens (including phenoxy) is 3. The lowest BCUT2D eigenvalue weighted by atomic mass is 9.83. The number of carboxylic acids is 1. The van der Waals surface area contributed by atoms with E-state index in [1.54, 1.807) is 13.2 Å². The van der Waals surface area contributed by atoms with Gasteiger partial charge < -0.3 is 19.3 Å². The van der Waals surface area contributed by atoms with Crippen molar-refractivity contribution in [2.75, 3.05) is 33.9 Å². The van der Waals surface area contributed by atoms with E-state index in [-0.39, 0.29) is 23.5 Å². The van der Waals surface area contributed by atoms with Gasteiger partial charge in [0.25, 0.3) is 0 Å². The number of rotatable bonds is 11. The van der Waals surface area contributed by atoms with Crippen molar-refractivity contribution >= 4 is 5.97 Å². The second-order valence-electron chi connectivity index (χ2n) is 12.1. The molecule has 1 unspecified atom stereocenters. The molecule has 0 spiro atoms. The van der Waals surface area contributed by atoms with E-state index in [1.165, 1.54) is 13.3 Å². The molecule has 3 heterocycles. The Bertz CT molecular complexity index is 1510. The number of aliphatic carboxylic acids is 1. The van der Waals surface area contributed by atoms with Gasteiger partial charge in [-0.1, -0.05) is 36.9 Å². The predicted molar refractivity (Wildman–Crippen MR) is 162 cm³/mol. The molecule has 3 aromatic rings. The first kappa shape index (κ1) is 29.3. The average molecular weight is 587 g/mol. The van der Waals surface area contributed by atoms with Gasteiger partial charge in [0.2, 0.25) is 5.88 Å². The first-order chi connectivity index (χ1) is 20.9. The molecule has 7 nitrogen and oxygen atoms in total. The number of hydrogen-bond acceptors (Lipinski definition) is 6. The molecule has 1 aromatic heterocycles. The number of pyridine rings is 1. The fourth-order valence-electron chi connectivity index (χ4n) is 6.79. The minimum atomic E-state index is -0.956. The van der Waals surface area contributed by atoms with Crippen molar-refractivity contribution in [2.24, 2.45) is 11.8 Å². The number of benzene rings is 2. The lowest BCUT2D eigenvalue weighted by Crippen LogP contribution is -2.29. The molecule has 3 aliphatic rings. The third-order valence-corrected chi connectivity index (χ3v) is 9.12. The van der Waals surface area contributed by atoms with Crippen LogP contribution in [0, 0.1) is 17.7 Å². The maximum Gasteiger partial charge on any atom is 0.331 e. The van der Waals surface area contributed by atoms with Crippen LogP contribution in [0.15, 0.2) is 60.8 Å². The normalized spacial score (nSPS) is 20.7. The molecule has 8 heteroatoms. The van der Waals surface area contributed by atoms with E-state index in [2.05, 4.69) is 28.6 Å². The minimum absolute atomic E-state index is 0.0693. The SMILES string of the molecule is C=C(C(=O)O)[C@H](c1ccc2c(c1)O[C@H](c1ccc(-c3cc(OC)ncc3F)c(CN3CCCC3)c1)C(COC)C2)C1CC1. The summed E-state index contributed by atoms with van der Waals surface area (Å²) in [5, 5.41) is 9.71. The monoisotopic (exact) mass is 586 g/mol. The molecule has 0 bridgehead atoms. The Morgan fingerprint density at radius 3 is 2.63 bits per heavy atom. The summed E-state index contributed by atoms with van der Waals surface area (Å²) in [6.07, 6.45) is 6.01. The molecule has 1 saturated carbocycles. The van der Waals surface area contributed by atoms with Crippen molar-refractivity contribution in [1.29, 1.82) is 0 Å². The van der Waals surface area contributed by atoms with Gasteiger partial charge in [-0.2, -0.15) is 0 Å². The Hall–Kier alpha value is -3.75. The van der Waals surface area contributed by atoms with E-state index >= 15 is 4.39 Å². The smallest absolute Gasteiger partial charge is 0.331 e. The molecule has 2 fully saturated rings. The van der Waals surface area contributed by atoms with Crippen molar-refractivity contribution in [3.8, 4) is 22.8 Å². The minimum Gasteiger partial charge on any atom is -0.485 e. The second-order valence-corrected chi connectivity index (χ2v) is 12.1. The van der Waals surface area contributed by atoms with Crippen molar-refractivity contribution in [3.05, 3.63) is 88.9 Å². The van der Waals surface area contributed by atoms with Crippen LogP contribution in [0.1, 0.15) is 60.0 Å². The molecule has 43 heavy (non-hydrogen) atoms. The summed E-state index contributed by atoms with van der Waals surface area (Å²) in [6, 6.07) is 13.9. The first-order valence-electron chi connectivity index (χ1n) is 15.1. The Labute approximate surface area is 252 Å². The molecule has 1 N–H and O–H groups in total. The van der Waals surface area contributed by atoms with Crippen molar-refractivity contribution in [3.63, 3.8) is 0 Å². The summed E-state index contributed by atoms with van der Waals surface area (Å²) < 4.78 is 32.8. The van der Waals surface area contributed by atoms with E-state index in [0.717, 1.165) is 78.8 Å². The highest BCUT2D eigenvalue weighted by molar-refractivity contribution is 5.88. The molecular formula is C35H39FN2O5. The van der Waals surface area contributed by atoms with Gasteiger partial charge in [0.05, 0.1) is 19.9 Å². The van der Waals surface area contributed by atoms with Crippen molar-refractivity contribution < 1.29 is 28.5 Å². The molecule has 0 amide bonds. The zero-order valence-corrected chi connectivity index (χ0v) is 24.9. The van der Waals surface area contributed by atoms with Crippen molar-refractivity contribution in [1.82, 2.24) is 9.88 Å². The highest BCUT2D eigenvalue weighted by atomic mass is 19.1. The molecular weight excluding hydrogens is 547 g/mol. The quantitative estimate of drug-likeness (QED) is 0.255. The van der Waals surface area contributed by atoms with Crippen LogP contribution in [-0.4, -0.2) is 54.9 Å². The molecule has 2 aliphatic heterocycles. The van der Waals surface area contributed by atoms with Crippen LogP contribution in [0.2, 0.25) is 0 Å². The number of carbonyl (C=O) groups is 1. The number of carboxylic acid groups (broad SMARTS) is 1. The number of hydrogen-bond donors (Lipinski definition) is 1. The van der Waals surface area contributed by atoms with Crippen LogP contribution in [-0.2, 0) is 22.5 Å². The fraction of sp³-hybridized carbons (Fsp3) is 0.429. The molecule has 1 aliphatic carbocycles.